The third kappa shape index (κ3) is 4.74. The van der Waals surface area contributed by atoms with Crippen molar-refractivity contribution < 1.29 is 19.4 Å². The van der Waals surface area contributed by atoms with Crippen LogP contribution in [0.3, 0.4) is 0 Å². The summed E-state index contributed by atoms with van der Waals surface area (Å²) < 4.78 is 10.7. The Bertz CT molecular complexity index is 418. The van der Waals surface area contributed by atoms with Gasteiger partial charge < -0.3 is 19.9 Å². The second-order valence-electron chi connectivity index (χ2n) is 4.87. The summed E-state index contributed by atoms with van der Waals surface area (Å²) in [5.74, 6) is 0.764. The molecule has 1 aromatic carbocycles. The quantitative estimate of drug-likeness (QED) is 0.680. The van der Waals surface area contributed by atoms with Gasteiger partial charge in [0.2, 0.25) is 0 Å². The van der Waals surface area contributed by atoms with E-state index in [9.17, 15) is 4.79 Å². The first-order valence-corrected chi connectivity index (χ1v) is 6.71. The number of hydrogen-bond donors (Lipinski definition) is 2. The first kappa shape index (κ1) is 16.3. The fraction of sp³-hybridized carbons (Fsp3) is 0.533. The van der Waals surface area contributed by atoms with Gasteiger partial charge in [0.25, 0.3) is 0 Å². The average molecular weight is 281 g/mol. The van der Waals surface area contributed by atoms with Crippen LogP contribution in [0.25, 0.3) is 0 Å². The number of carboxylic acid groups (broad SMARTS) is 1. The average Bonchev–Trinajstić information content (AvgIpc) is 2.47. The van der Waals surface area contributed by atoms with E-state index in [0.717, 1.165) is 24.3 Å². The van der Waals surface area contributed by atoms with Crippen LogP contribution in [0.15, 0.2) is 24.3 Å². The Balaban J connectivity index is 2.26. The van der Waals surface area contributed by atoms with Gasteiger partial charge in [0.05, 0.1) is 13.7 Å². The summed E-state index contributed by atoms with van der Waals surface area (Å²) in [6, 6.07) is 7.40. The Morgan fingerprint density at radius 3 is 2.35 bits per heavy atom. The predicted molar refractivity (Wildman–Crippen MR) is 77.4 cm³/mol. The van der Waals surface area contributed by atoms with Crippen LogP contribution < -0.4 is 14.8 Å². The molecule has 112 valence electrons. The Labute approximate surface area is 119 Å². The zero-order chi connectivity index (χ0) is 15.0. The molecule has 1 aromatic rings. The highest BCUT2D eigenvalue weighted by Gasteiger charge is 2.29. The van der Waals surface area contributed by atoms with Gasteiger partial charge in [-0.3, -0.25) is 4.79 Å². The standard InChI is InChI=1S/C15H23NO4/c1-15(16-2,14(17)18)10-4-5-11-20-13-8-6-12(19-3)7-9-13/h6-9,16H,4-5,10-11H2,1-3H3,(H,17,18). The molecular weight excluding hydrogens is 258 g/mol. The Morgan fingerprint density at radius 2 is 1.85 bits per heavy atom. The molecule has 0 heterocycles. The molecule has 0 spiro atoms. The van der Waals surface area contributed by atoms with Crippen molar-refractivity contribution in [3.05, 3.63) is 24.3 Å². The van der Waals surface area contributed by atoms with E-state index in [1.54, 1.807) is 21.1 Å². The molecule has 0 saturated heterocycles. The van der Waals surface area contributed by atoms with Gasteiger partial charge in [0.15, 0.2) is 0 Å². The topological polar surface area (TPSA) is 67.8 Å². The largest absolute Gasteiger partial charge is 0.497 e. The molecular formula is C15H23NO4. The minimum absolute atomic E-state index is 0.574. The van der Waals surface area contributed by atoms with Crippen LogP contribution in [0.4, 0.5) is 0 Å². The summed E-state index contributed by atoms with van der Waals surface area (Å²) >= 11 is 0. The molecule has 0 fully saturated rings. The van der Waals surface area contributed by atoms with Crippen LogP contribution >= 0.6 is 0 Å². The molecule has 1 rings (SSSR count). The van der Waals surface area contributed by atoms with Crippen LogP contribution in [-0.2, 0) is 4.79 Å². The zero-order valence-corrected chi connectivity index (χ0v) is 12.3. The van der Waals surface area contributed by atoms with E-state index >= 15 is 0 Å². The highest BCUT2D eigenvalue weighted by molar-refractivity contribution is 5.78. The summed E-state index contributed by atoms with van der Waals surface area (Å²) in [4.78, 5) is 11.1. The molecule has 0 aliphatic rings. The normalized spacial score (nSPS) is 13.6. The van der Waals surface area contributed by atoms with Crippen molar-refractivity contribution in [2.45, 2.75) is 31.7 Å². The molecule has 0 amide bonds. The van der Waals surface area contributed by atoms with E-state index in [1.807, 2.05) is 24.3 Å². The number of methoxy groups -OCH3 is 1. The van der Waals surface area contributed by atoms with Crippen LogP contribution in [0.2, 0.25) is 0 Å². The number of carbonyl (C=O) groups is 1. The van der Waals surface area contributed by atoms with Gasteiger partial charge in [0, 0.05) is 0 Å². The SMILES string of the molecule is CNC(C)(CCCCOc1ccc(OC)cc1)C(=O)O. The van der Waals surface area contributed by atoms with E-state index in [4.69, 9.17) is 14.6 Å². The van der Waals surface area contributed by atoms with E-state index in [0.29, 0.717) is 13.0 Å². The fourth-order valence-electron chi connectivity index (χ4n) is 1.78. The van der Waals surface area contributed by atoms with Gasteiger partial charge in [0.1, 0.15) is 17.0 Å². The van der Waals surface area contributed by atoms with Gasteiger partial charge in [-0.2, -0.15) is 0 Å². The first-order valence-electron chi connectivity index (χ1n) is 6.71. The minimum Gasteiger partial charge on any atom is -0.497 e. The molecule has 2 N–H and O–H groups in total. The second-order valence-corrected chi connectivity index (χ2v) is 4.87. The molecule has 5 heteroatoms. The number of benzene rings is 1. The van der Waals surface area contributed by atoms with Gasteiger partial charge in [-0.15, -0.1) is 0 Å². The highest BCUT2D eigenvalue weighted by atomic mass is 16.5. The van der Waals surface area contributed by atoms with E-state index in [2.05, 4.69) is 5.32 Å². The van der Waals surface area contributed by atoms with Gasteiger partial charge in [-0.05, 0) is 57.5 Å². The van der Waals surface area contributed by atoms with E-state index in [1.165, 1.54) is 0 Å². The maximum atomic E-state index is 11.1. The minimum atomic E-state index is -0.861. The molecule has 1 atom stereocenters. The Morgan fingerprint density at radius 1 is 1.25 bits per heavy atom. The zero-order valence-electron chi connectivity index (χ0n) is 12.3. The number of rotatable bonds is 9. The van der Waals surface area contributed by atoms with Crippen molar-refractivity contribution in [2.24, 2.45) is 0 Å². The molecule has 0 bridgehead atoms. The highest BCUT2D eigenvalue weighted by Crippen LogP contribution is 2.18. The fourth-order valence-corrected chi connectivity index (χ4v) is 1.78. The lowest BCUT2D eigenvalue weighted by Crippen LogP contribution is -2.47. The molecule has 1 unspecified atom stereocenters. The Hall–Kier alpha value is -1.75. The van der Waals surface area contributed by atoms with Crippen molar-refractivity contribution in [1.29, 1.82) is 0 Å². The molecule has 20 heavy (non-hydrogen) atoms. The molecule has 0 radical (unpaired) electrons. The lowest BCUT2D eigenvalue weighted by molar-refractivity contribution is -0.144. The third-order valence-corrected chi connectivity index (χ3v) is 3.42. The van der Waals surface area contributed by atoms with Crippen LogP contribution in [0.1, 0.15) is 26.2 Å². The maximum Gasteiger partial charge on any atom is 0.323 e. The first-order chi connectivity index (χ1) is 9.51. The lowest BCUT2D eigenvalue weighted by Gasteiger charge is -2.23. The van der Waals surface area contributed by atoms with E-state index < -0.39 is 11.5 Å². The summed E-state index contributed by atoms with van der Waals surface area (Å²) in [7, 11) is 3.29. The molecule has 0 saturated carbocycles. The van der Waals surface area contributed by atoms with Crippen molar-refractivity contribution in [3.8, 4) is 11.5 Å². The lowest BCUT2D eigenvalue weighted by atomic mass is 9.95. The third-order valence-electron chi connectivity index (χ3n) is 3.42. The summed E-state index contributed by atoms with van der Waals surface area (Å²) in [6.07, 6.45) is 2.18. The molecule has 0 aliphatic heterocycles. The van der Waals surface area contributed by atoms with Crippen LogP contribution in [0.5, 0.6) is 11.5 Å². The number of unbranched alkanes of at least 4 members (excludes halogenated alkanes) is 1. The van der Waals surface area contributed by atoms with Crippen molar-refractivity contribution >= 4 is 5.97 Å². The predicted octanol–water partition coefficient (Wildman–Crippen LogP) is 2.31. The van der Waals surface area contributed by atoms with E-state index in [-0.39, 0.29) is 0 Å². The van der Waals surface area contributed by atoms with Crippen LogP contribution in [0, 0.1) is 0 Å². The smallest absolute Gasteiger partial charge is 0.323 e. The summed E-state index contributed by atoms with van der Waals surface area (Å²) in [5.41, 5.74) is -0.861. The van der Waals surface area contributed by atoms with Gasteiger partial charge in [-0.25, -0.2) is 0 Å². The van der Waals surface area contributed by atoms with Crippen molar-refractivity contribution in [1.82, 2.24) is 5.32 Å². The van der Waals surface area contributed by atoms with Crippen molar-refractivity contribution in [3.63, 3.8) is 0 Å². The van der Waals surface area contributed by atoms with Crippen molar-refractivity contribution in [2.75, 3.05) is 20.8 Å². The monoisotopic (exact) mass is 281 g/mol. The number of aliphatic carboxylic acids is 1. The summed E-state index contributed by atoms with van der Waals surface area (Å²) in [6.45, 7) is 2.27. The molecule has 5 nitrogen and oxygen atoms in total. The van der Waals surface area contributed by atoms with Gasteiger partial charge >= 0.3 is 5.97 Å². The number of nitrogens with one attached hydrogen (secondary N) is 1. The number of ether oxygens (including phenoxy) is 2. The summed E-state index contributed by atoms with van der Waals surface area (Å²) in [5, 5.41) is 12.0. The second kappa shape index (κ2) is 7.75. The Kier molecular flexibility index (Phi) is 6.31. The maximum absolute atomic E-state index is 11.1. The van der Waals surface area contributed by atoms with Crippen LogP contribution in [-0.4, -0.2) is 37.4 Å². The number of likely N-dealkylation sites (N-methyl/N-ethyl adjacent to an activating group) is 1. The molecule has 0 aromatic heterocycles. The van der Waals surface area contributed by atoms with Gasteiger partial charge in [-0.1, -0.05) is 0 Å². The number of hydrogen-bond acceptors (Lipinski definition) is 4. The number of carboxylic acids is 1. The molecule has 0 aliphatic carbocycles.